The number of nitrogens with one attached hydrogen (secondary N) is 1. The molecule has 1 aliphatic heterocycles. The fourth-order valence-electron chi connectivity index (χ4n) is 1.74. The molecule has 2 amide bonds. The second-order valence-electron chi connectivity index (χ2n) is 3.52. The molecule has 1 aliphatic rings. The lowest BCUT2D eigenvalue weighted by atomic mass is 10.2. The summed E-state index contributed by atoms with van der Waals surface area (Å²) in [6.07, 6.45) is -0.125. The molecule has 16 heavy (non-hydrogen) atoms. The van der Waals surface area contributed by atoms with Crippen molar-refractivity contribution in [3.8, 4) is 0 Å². The monoisotopic (exact) mass is 238 g/mol. The number of carbonyl (C=O) groups excluding carboxylic acids is 2. The van der Waals surface area contributed by atoms with Gasteiger partial charge in [0.05, 0.1) is 11.4 Å². The van der Waals surface area contributed by atoms with Gasteiger partial charge in [-0.1, -0.05) is 11.6 Å². The van der Waals surface area contributed by atoms with E-state index in [1.165, 1.54) is 0 Å². The summed E-state index contributed by atoms with van der Waals surface area (Å²) in [6.45, 7) is 2.37. The molecule has 0 atom stereocenters. The minimum absolute atomic E-state index is 0.125. The van der Waals surface area contributed by atoms with Crippen LogP contribution in [0.4, 0.5) is 11.4 Å². The Morgan fingerprint density at radius 2 is 2.19 bits per heavy atom. The van der Waals surface area contributed by atoms with Gasteiger partial charge in [-0.15, -0.1) is 0 Å². The van der Waals surface area contributed by atoms with Crippen molar-refractivity contribution >= 4 is 34.8 Å². The molecule has 0 spiro atoms. The summed E-state index contributed by atoms with van der Waals surface area (Å²) in [6, 6.07) is 5.07. The maximum absolute atomic E-state index is 11.8. The summed E-state index contributed by atoms with van der Waals surface area (Å²) >= 11 is 5.89. The van der Waals surface area contributed by atoms with Crippen LogP contribution in [0.3, 0.4) is 0 Å². The molecule has 1 N–H and O–H groups in total. The van der Waals surface area contributed by atoms with Crippen molar-refractivity contribution in [2.24, 2.45) is 0 Å². The molecule has 0 radical (unpaired) electrons. The van der Waals surface area contributed by atoms with E-state index in [0.717, 1.165) is 0 Å². The quantitative estimate of drug-likeness (QED) is 0.761. The number of hydrogen-bond donors (Lipinski definition) is 1. The highest BCUT2D eigenvalue weighted by Gasteiger charge is 2.24. The van der Waals surface area contributed by atoms with Crippen LogP contribution in [0.5, 0.6) is 0 Å². The van der Waals surface area contributed by atoms with Crippen molar-refractivity contribution in [3.05, 3.63) is 23.2 Å². The van der Waals surface area contributed by atoms with E-state index in [1.54, 1.807) is 23.1 Å². The Hall–Kier alpha value is -1.55. The van der Waals surface area contributed by atoms with E-state index in [0.29, 0.717) is 22.9 Å². The average Bonchev–Trinajstić information content (AvgIpc) is 2.33. The maximum Gasteiger partial charge on any atom is 0.236 e. The lowest BCUT2D eigenvalue weighted by molar-refractivity contribution is -0.124. The number of carbonyl (C=O) groups is 2. The number of rotatable bonds is 1. The zero-order valence-corrected chi connectivity index (χ0v) is 9.54. The first-order chi connectivity index (χ1) is 7.61. The van der Waals surface area contributed by atoms with Crippen LogP contribution in [0.15, 0.2) is 18.2 Å². The third-order valence-corrected chi connectivity index (χ3v) is 2.69. The van der Waals surface area contributed by atoms with Crippen LogP contribution < -0.4 is 10.2 Å². The van der Waals surface area contributed by atoms with Gasteiger partial charge in [0.2, 0.25) is 11.8 Å². The van der Waals surface area contributed by atoms with E-state index in [4.69, 9.17) is 11.6 Å². The minimum atomic E-state index is -0.287. The molecule has 84 valence electrons. The third-order valence-electron chi connectivity index (χ3n) is 2.45. The van der Waals surface area contributed by atoms with Crippen molar-refractivity contribution < 1.29 is 9.59 Å². The van der Waals surface area contributed by atoms with Crippen LogP contribution in [-0.2, 0) is 9.59 Å². The number of fused-ring (bicyclic) bond motifs is 1. The topological polar surface area (TPSA) is 49.4 Å². The second kappa shape index (κ2) is 4.14. The third kappa shape index (κ3) is 1.88. The Balaban J connectivity index is 2.54. The van der Waals surface area contributed by atoms with Crippen LogP contribution in [0, 0.1) is 0 Å². The number of benzene rings is 1. The fourth-order valence-corrected chi connectivity index (χ4v) is 1.91. The van der Waals surface area contributed by atoms with E-state index in [2.05, 4.69) is 5.32 Å². The Kier molecular flexibility index (Phi) is 2.83. The van der Waals surface area contributed by atoms with E-state index < -0.39 is 0 Å². The van der Waals surface area contributed by atoms with Crippen molar-refractivity contribution in [2.75, 3.05) is 16.8 Å². The Labute approximate surface area is 98.2 Å². The maximum atomic E-state index is 11.8. The lowest BCUT2D eigenvalue weighted by Crippen LogP contribution is -2.30. The first kappa shape index (κ1) is 11.0. The van der Waals surface area contributed by atoms with E-state index >= 15 is 0 Å². The molecule has 1 heterocycles. The predicted octanol–water partition coefficient (Wildman–Crippen LogP) is 2.04. The lowest BCUT2D eigenvalue weighted by Gasteiger charge is -2.20. The molecule has 0 unspecified atom stereocenters. The molecule has 5 heteroatoms. The van der Waals surface area contributed by atoms with Gasteiger partial charge in [0.25, 0.3) is 0 Å². The molecule has 4 nitrogen and oxygen atoms in total. The highest BCUT2D eigenvalue weighted by Crippen LogP contribution is 2.31. The molecule has 0 saturated carbocycles. The zero-order chi connectivity index (χ0) is 11.7. The molecule has 1 aromatic rings. The summed E-state index contributed by atoms with van der Waals surface area (Å²) in [5, 5.41) is 3.23. The van der Waals surface area contributed by atoms with Gasteiger partial charge < -0.3 is 10.2 Å². The number of nitrogens with zero attached hydrogens (tertiary/aromatic N) is 1. The molecule has 0 aliphatic carbocycles. The number of amides is 2. The van der Waals surface area contributed by atoms with Crippen LogP contribution in [0.2, 0.25) is 5.02 Å². The SMILES string of the molecule is CCN1C(=O)CC(=O)Nc2ccc(Cl)cc21. The fraction of sp³-hybridized carbons (Fsp3) is 0.273. The Bertz CT molecular complexity index is 459. The first-order valence-corrected chi connectivity index (χ1v) is 5.39. The standard InChI is InChI=1S/C11H11ClN2O2/c1-2-14-9-5-7(12)3-4-8(9)13-10(15)6-11(14)16/h3-5H,2,6H2,1H3,(H,13,15). The van der Waals surface area contributed by atoms with Gasteiger partial charge in [-0.25, -0.2) is 0 Å². The van der Waals surface area contributed by atoms with Crippen molar-refractivity contribution in [3.63, 3.8) is 0 Å². The molecule has 0 aromatic heterocycles. The summed E-state index contributed by atoms with van der Waals surface area (Å²) in [5.41, 5.74) is 1.29. The van der Waals surface area contributed by atoms with Crippen LogP contribution in [0.25, 0.3) is 0 Å². The molecular weight excluding hydrogens is 228 g/mol. The molecule has 0 saturated heterocycles. The summed E-state index contributed by atoms with van der Waals surface area (Å²) < 4.78 is 0. The highest BCUT2D eigenvalue weighted by atomic mass is 35.5. The van der Waals surface area contributed by atoms with Crippen molar-refractivity contribution in [1.29, 1.82) is 0 Å². The average molecular weight is 239 g/mol. The predicted molar refractivity (Wildman–Crippen MR) is 62.7 cm³/mol. The van der Waals surface area contributed by atoms with Gasteiger partial charge in [-0.3, -0.25) is 9.59 Å². The van der Waals surface area contributed by atoms with Gasteiger partial charge in [0, 0.05) is 11.6 Å². The summed E-state index contributed by atoms with van der Waals surface area (Å²) in [4.78, 5) is 24.7. The normalized spacial score (nSPS) is 15.5. The van der Waals surface area contributed by atoms with Crippen LogP contribution in [0.1, 0.15) is 13.3 Å². The van der Waals surface area contributed by atoms with Gasteiger partial charge in [0.15, 0.2) is 0 Å². The van der Waals surface area contributed by atoms with E-state index in [-0.39, 0.29) is 18.2 Å². The molecule has 2 rings (SSSR count). The minimum Gasteiger partial charge on any atom is -0.324 e. The van der Waals surface area contributed by atoms with Crippen LogP contribution >= 0.6 is 11.6 Å². The largest absolute Gasteiger partial charge is 0.324 e. The van der Waals surface area contributed by atoms with Crippen LogP contribution in [-0.4, -0.2) is 18.4 Å². The smallest absolute Gasteiger partial charge is 0.236 e. The summed E-state index contributed by atoms with van der Waals surface area (Å²) in [5.74, 6) is -0.495. The molecule has 1 aromatic carbocycles. The number of hydrogen-bond acceptors (Lipinski definition) is 2. The zero-order valence-electron chi connectivity index (χ0n) is 8.79. The number of halogens is 1. The van der Waals surface area contributed by atoms with Gasteiger partial charge in [0.1, 0.15) is 6.42 Å². The molecule has 0 fully saturated rings. The second-order valence-corrected chi connectivity index (χ2v) is 3.96. The van der Waals surface area contributed by atoms with Crippen molar-refractivity contribution in [2.45, 2.75) is 13.3 Å². The van der Waals surface area contributed by atoms with Gasteiger partial charge in [-0.2, -0.15) is 0 Å². The van der Waals surface area contributed by atoms with Gasteiger partial charge in [-0.05, 0) is 25.1 Å². The highest BCUT2D eigenvalue weighted by molar-refractivity contribution is 6.31. The summed E-state index contributed by atoms with van der Waals surface area (Å²) in [7, 11) is 0. The van der Waals surface area contributed by atoms with E-state index in [1.807, 2.05) is 6.92 Å². The molecular formula is C11H11ClN2O2. The number of anilines is 2. The first-order valence-electron chi connectivity index (χ1n) is 5.01. The Morgan fingerprint density at radius 1 is 1.44 bits per heavy atom. The molecule has 0 bridgehead atoms. The van der Waals surface area contributed by atoms with E-state index in [9.17, 15) is 9.59 Å². The van der Waals surface area contributed by atoms with Crippen molar-refractivity contribution in [1.82, 2.24) is 0 Å². The van der Waals surface area contributed by atoms with Gasteiger partial charge >= 0.3 is 0 Å². The Morgan fingerprint density at radius 3 is 2.88 bits per heavy atom.